The van der Waals surface area contributed by atoms with E-state index in [9.17, 15) is 9.90 Å². The summed E-state index contributed by atoms with van der Waals surface area (Å²) in [7, 11) is 0. The van der Waals surface area contributed by atoms with Crippen molar-refractivity contribution in [3.8, 4) is 0 Å². The monoisotopic (exact) mass is 251 g/mol. The summed E-state index contributed by atoms with van der Waals surface area (Å²) in [4.78, 5) is 14.3. The molecule has 0 radical (unpaired) electrons. The van der Waals surface area contributed by atoms with Crippen molar-refractivity contribution < 1.29 is 9.90 Å². The van der Waals surface area contributed by atoms with Crippen molar-refractivity contribution in [2.24, 2.45) is 0 Å². The van der Waals surface area contributed by atoms with Crippen molar-refractivity contribution in [1.29, 1.82) is 0 Å². The summed E-state index contributed by atoms with van der Waals surface area (Å²) in [5.41, 5.74) is 0. The number of ketones is 1. The molecule has 1 N–H and O–H groups in total. The maximum atomic E-state index is 11.8. The highest BCUT2D eigenvalue weighted by atomic mass is 16.3. The SMILES string of the molecule is O=C1CC2CCCC(C1)N2C1CCCCCC1O. The van der Waals surface area contributed by atoms with E-state index >= 15 is 0 Å². The summed E-state index contributed by atoms with van der Waals surface area (Å²) in [6, 6.07) is 1.20. The molecule has 4 unspecified atom stereocenters. The van der Waals surface area contributed by atoms with Crippen LogP contribution < -0.4 is 0 Å². The van der Waals surface area contributed by atoms with Crippen LogP contribution in [0.1, 0.15) is 64.2 Å². The molecule has 3 aliphatic rings. The highest BCUT2D eigenvalue weighted by Crippen LogP contribution is 2.37. The van der Waals surface area contributed by atoms with Crippen LogP contribution in [0.3, 0.4) is 0 Å². The number of fused-ring (bicyclic) bond motifs is 2. The first-order valence-corrected chi connectivity index (χ1v) is 7.73. The molecule has 3 rings (SSSR count). The Morgan fingerprint density at radius 2 is 1.56 bits per heavy atom. The van der Waals surface area contributed by atoms with Crippen molar-refractivity contribution in [2.75, 3.05) is 0 Å². The number of piperidine rings is 2. The van der Waals surface area contributed by atoms with Gasteiger partial charge in [-0.05, 0) is 25.7 Å². The zero-order chi connectivity index (χ0) is 12.5. The Labute approximate surface area is 110 Å². The number of carbonyl (C=O) groups is 1. The first-order chi connectivity index (χ1) is 8.75. The topological polar surface area (TPSA) is 40.5 Å². The van der Waals surface area contributed by atoms with E-state index in [0.29, 0.717) is 23.9 Å². The molecule has 3 heteroatoms. The summed E-state index contributed by atoms with van der Waals surface area (Å²) in [5, 5.41) is 10.4. The molecular weight excluding hydrogens is 226 g/mol. The first kappa shape index (κ1) is 12.6. The van der Waals surface area contributed by atoms with Crippen LogP contribution in [-0.4, -0.2) is 40.0 Å². The van der Waals surface area contributed by atoms with Crippen molar-refractivity contribution in [3.63, 3.8) is 0 Å². The van der Waals surface area contributed by atoms with Crippen LogP contribution in [0.25, 0.3) is 0 Å². The minimum Gasteiger partial charge on any atom is -0.391 e. The largest absolute Gasteiger partial charge is 0.391 e. The predicted octanol–water partition coefficient (Wildman–Crippen LogP) is 2.27. The van der Waals surface area contributed by atoms with Gasteiger partial charge >= 0.3 is 0 Å². The lowest BCUT2D eigenvalue weighted by atomic mass is 9.81. The minimum absolute atomic E-state index is 0.163. The molecule has 2 heterocycles. The van der Waals surface area contributed by atoms with E-state index in [2.05, 4.69) is 4.90 Å². The second-order valence-corrected chi connectivity index (χ2v) is 6.41. The molecule has 3 fully saturated rings. The van der Waals surface area contributed by atoms with E-state index in [-0.39, 0.29) is 6.10 Å². The molecule has 2 aliphatic heterocycles. The van der Waals surface area contributed by atoms with Crippen LogP contribution in [0.2, 0.25) is 0 Å². The average Bonchev–Trinajstić information content (AvgIpc) is 2.53. The summed E-state index contributed by atoms with van der Waals surface area (Å²) >= 11 is 0. The molecule has 1 saturated carbocycles. The Morgan fingerprint density at radius 3 is 2.28 bits per heavy atom. The van der Waals surface area contributed by atoms with Crippen molar-refractivity contribution >= 4 is 5.78 Å². The van der Waals surface area contributed by atoms with E-state index < -0.39 is 0 Å². The summed E-state index contributed by atoms with van der Waals surface area (Å²) in [6.07, 6.45) is 10.6. The van der Waals surface area contributed by atoms with Gasteiger partial charge in [0.05, 0.1) is 6.10 Å². The molecule has 0 aromatic carbocycles. The minimum atomic E-state index is -0.163. The van der Waals surface area contributed by atoms with Crippen LogP contribution in [-0.2, 0) is 4.79 Å². The first-order valence-electron chi connectivity index (χ1n) is 7.73. The third-order valence-corrected chi connectivity index (χ3v) is 5.17. The van der Waals surface area contributed by atoms with E-state index in [1.165, 1.54) is 25.7 Å². The van der Waals surface area contributed by atoms with E-state index in [0.717, 1.165) is 38.5 Å². The van der Waals surface area contributed by atoms with Crippen molar-refractivity contribution in [3.05, 3.63) is 0 Å². The number of nitrogens with zero attached hydrogens (tertiary/aromatic N) is 1. The zero-order valence-corrected chi connectivity index (χ0v) is 11.2. The van der Waals surface area contributed by atoms with Gasteiger partial charge < -0.3 is 5.11 Å². The third kappa shape index (κ3) is 2.35. The fraction of sp³-hybridized carbons (Fsp3) is 0.933. The average molecular weight is 251 g/mol. The van der Waals surface area contributed by atoms with Gasteiger partial charge in [-0.3, -0.25) is 9.69 Å². The summed E-state index contributed by atoms with van der Waals surface area (Å²) in [6.45, 7) is 0. The van der Waals surface area contributed by atoms with Gasteiger partial charge in [-0.25, -0.2) is 0 Å². The molecule has 2 saturated heterocycles. The normalized spacial score (nSPS) is 42.6. The number of hydrogen-bond acceptors (Lipinski definition) is 3. The van der Waals surface area contributed by atoms with Crippen molar-refractivity contribution in [1.82, 2.24) is 4.90 Å². The van der Waals surface area contributed by atoms with Crippen LogP contribution >= 0.6 is 0 Å². The van der Waals surface area contributed by atoms with Gasteiger partial charge in [0.2, 0.25) is 0 Å². The molecular formula is C15H25NO2. The number of aliphatic hydroxyl groups excluding tert-OH is 1. The van der Waals surface area contributed by atoms with Gasteiger partial charge in [0.1, 0.15) is 5.78 Å². The Hall–Kier alpha value is -0.410. The fourth-order valence-corrected chi connectivity index (χ4v) is 4.37. The molecule has 1 aliphatic carbocycles. The molecule has 0 spiro atoms. The summed E-state index contributed by atoms with van der Waals surface area (Å²) < 4.78 is 0. The molecule has 18 heavy (non-hydrogen) atoms. The van der Waals surface area contributed by atoms with Crippen LogP contribution in [0.5, 0.6) is 0 Å². The third-order valence-electron chi connectivity index (χ3n) is 5.17. The lowest BCUT2D eigenvalue weighted by molar-refractivity contribution is -0.131. The van der Waals surface area contributed by atoms with Gasteiger partial charge in [-0.2, -0.15) is 0 Å². The van der Waals surface area contributed by atoms with Crippen LogP contribution in [0.4, 0.5) is 0 Å². The van der Waals surface area contributed by atoms with Crippen molar-refractivity contribution in [2.45, 2.75) is 88.4 Å². The maximum absolute atomic E-state index is 11.8. The van der Waals surface area contributed by atoms with Crippen LogP contribution in [0, 0.1) is 0 Å². The molecule has 0 amide bonds. The smallest absolute Gasteiger partial charge is 0.136 e. The Balaban J connectivity index is 1.78. The number of Topliss-reactive ketones (excluding diaryl/α,β-unsaturated/α-hetero) is 1. The number of aliphatic hydroxyl groups is 1. The van der Waals surface area contributed by atoms with Gasteiger partial charge in [0, 0.05) is 31.0 Å². The van der Waals surface area contributed by atoms with Gasteiger partial charge in [0.15, 0.2) is 0 Å². The number of rotatable bonds is 1. The Bertz CT molecular complexity index is 302. The van der Waals surface area contributed by atoms with Gasteiger partial charge in [-0.1, -0.05) is 25.7 Å². The standard InChI is InChI=1S/C15H25NO2/c17-13-9-11-5-4-6-12(10-13)16(11)14-7-2-1-3-8-15(14)18/h11-12,14-15,18H,1-10H2. The number of hydrogen-bond donors (Lipinski definition) is 1. The molecule has 0 aromatic heterocycles. The van der Waals surface area contributed by atoms with E-state index in [4.69, 9.17) is 0 Å². The Morgan fingerprint density at radius 1 is 0.889 bits per heavy atom. The number of carbonyl (C=O) groups excluding carboxylic acids is 1. The highest BCUT2D eigenvalue weighted by molar-refractivity contribution is 5.80. The molecule has 3 nitrogen and oxygen atoms in total. The maximum Gasteiger partial charge on any atom is 0.136 e. The quantitative estimate of drug-likeness (QED) is 0.727. The molecule has 2 bridgehead atoms. The highest BCUT2D eigenvalue weighted by Gasteiger charge is 2.43. The zero-order valence-electron chi connectivity index (χ0n) is 11.2. The van der Waals surface area contributed by atoms with Crippen LogP contribution in [0.15, 0.2) is 0 Å². The predicted molar refractivity (Wildman–Crippen MR) is 70.4 cm³/mol. The van der Waals surface area contributed by atoms with E-state index in [1.807, 2.05) is 0 Å². The molecule has 102 valence electrons. The summed E-state index contributed by atoms with van der Waals surface area (Å²) in [5.74, 6) is 0.448. The second kappa shape index (κ2) is 5.30. The van der Waals surface area contributed by atoms with E-state index in [1.54, 1.807) is 0 Å². The molecule has 0 aromatic rings. The lowest BCUT2D eigenvalue weighted by Crippen LogP contribution is -2.59. The second-order valence-electron chi connectivity index (χ2n) is 6.41. The Kier molecular flexibility index (Phi) is 3.71. The van der Waals surface area contributed by atoms with Gasteiger partial charge in [-0.15, -0.1) is 0 Å². The lowest BCUT2D eigenvalue weighted by Gasteiger charge is -2.50. The van der Waals surface area contributed by atoms with Gasteiger partial charge in [0.25, 0.3) is 0 Å². The molecule has 4 atom stereocenters. The fourth-order valence-electron chi connectivity index (χ4n) is 4.37.